The van der Waals surface area contributed by atoms with Crippen LogP contribution in [0.1, 0.15) is 49.2 Å². The number of nitrogens with two attached hydrogens (primary N) is 2. The first-order chi connectivity index (χ1) is 8.93. The van der Waals surface area contributed by atoms with Gasteiger partial charge in [0.25, 0.3) is 5.91 Å². The Bertz CT molecular complexity index is 411. The van der Waals surface area contributed by atoms with Crippen molar-refractivity contribution in [3.8, 4) is 0 Å². The summed E-state index contributed by atoms with van der Waals surface area (Å²) >= 11 is 0. The summed E-state index contributed by atoms with van der Waals surface area (Å²) in [6.07, 6.45) is 0. The van der Waals surface area contributed by atoms with E-state index in [0.717, 1.165) is 11.1 Å². The second-order valence-electron chi connectivity index (χ2n) is 5.26. The minimum atomic E-state index is 0.0199. The Hall–Kier alpha value is -1.39. The van der Waals surface area contributed by atoms with E-state index in [0.29, 0.717) is 18.7 Å². The van der Waals surface area contributed by atoms with Crippen LogP contribution in [0, 0.1) is 0 Å². The molecule has 0 radical (unpaired) electrons. The molecule has 1 amide bonds. The molecule has 4 nitrogen and oxygen atoms in total. The van der Waals surface area contributed by atoms with Gasteiger partial charge >= 0.3 is 0 Å². The predicted molar refractivity (Wildman–Crippen MR) is 78.7 cm³/mol. The summed E-state index contributed by atoms with van der Waals surface area (Å²) in [4.78, 5) is 14.7. The van der Waals surface area contributed by atoms with Crippen molar-refractivity contribution in [1.29, 1.82) is 0 Å². The van der Waals surface area contributed by atoms with Crippen molar-refractivity contribution in [2.24, 2.45) is 11.5 Å². The number of hydrogen-bond acceptors (Lipinski definition) is 3. The normalized spacial score (nSPS) is 11.2. The third-order valence-corrected chi connectivity index (χ3v) is 3.24. The summed E-state index contributed by atoms with van der Waals surface area (Å²) in [6, 6.07) is 5.97. The van der Waals surface area contributed by atoms with Gasteiger partial charge in [0.1, 0.15) is 0 Å². The summed E-state index contributed by atoms with van der Waals surface area (Å²) < 4.78 is 0. The van der Waals surface area contributed by atoms with Gasteiger partial charge in [0.2, 0.25) is 0 Å². The lowest BCUT2D eigenvalue weighted by molar-refractivity contribution is 0.0641. The quantitative estimate of drug-likeness (QED) is 0.851. The van der Waals surface area contributed by atoms with Crippen molar-refractivity contribution < 1.29 is 4.79 Å². The summed E-state index contributed by atoms with van der Waals surface area (Å²) in [7, 11) is 0. The molecular weight excluding hydrogens is 238 g/mol. The van der Waals surface area contributed by atoms with Gasteiger partial charge in [-0.25, -0.2) is 0 Å². The maximum absolute atomic E-state index is 12.8. The van der Waals surface area contributed by atoms with Crippen LogP contribution in [0.4, 0.5) is 0 Å². The molecule has 1 aromatic carbocycles. The SMILES string of the molecule is CC(C)N(C(=O)c1c(CN)cccc1CN)C(C)C. The van der Waals surface area contributed by atoms with Gasteiger partial charge < -0.3 is 16.4 Å². The Morgan fingerprint density at radius 3 is 1.79 bits per heavy atom. The second-order valence-corrected chi connectivity index (χ2v) is 5.26. The Labute approximate surface area is 115 Å². The van der Waals surface area contributed by atoms with Crippen molar-refractivity contribution in [2.45, 2.75) is 52.9 Å². The molecular formula is C15H25N3O. The van der Waals surface area contributed by atoms with Gasteiger partial charge in [0, 0.05) is 30.7 Å². The van der Waals surface area contributed by atoms with Crippen LogP contribution in [0.3, 0.4) is 0 Å². The Morgan fingerprint density at radius 2 is 1.47 bits per heavy atom. The van der Waals surface area contributed by atoms with E-state index in [9.17, 15) is 4.79 Å². The van der Waals surface area contributed by atoms with E-state index in [1.807, 2.05) is 50.8 Å². The van der Waals surface area contributed by atoms with E-state index < -0.39 is 0 Å². The van der Waals surface area contributed by atoms with E-state index in [4.69, 9.17) is 11.5 Å². The third-order valence-electron chi connectivity index (χ3n) is 3.24. The molecule has 0 aliphatic carbocycles. The van der Waals surface area contributed by atoms with Gasteiger partial charge in [-0.3, -0.25) is 4.79 Å². The molecule has 4 heteroatoms. The molecule has 106 valence electrons. The van der Waals surface area contributed by atoms with Crippen LogP contribution in [0.25, 0.3) is 0 Å². The number of carbonyl (C=O) groups excluding carboxylic acids is 1. The number of hydrogen-bond donors (Lipinski definition) is 2. The molecule has 19 heavy (non-hydrogen) atoms. The van der Waals surface area contributed by atoms with Crippen LogP contribution in [0.15, 0.2) is 18.2 Å². The molecule has 0 saturated heterocycles. The zero-order valence-electron chi connectivity index (χ0n) is 12.3. The zero-order valence-corrected chi connectivity index (χ0v) is 12.3. The van der Waals surface area contributed by atoms with E-state index in [1.54, 1.807) is 0 Å². The average Bonchev–Trinajstić information content (AvgIpc) is 2.36. The first kappa shape index (κ1) is 15.7. The minimum Gasteiger partial charge on any atom is -0.334 e. The van der Waals surface area contributed by atoms with Crippen molar-refractivity contribution >= 4 is 5.91 Å². The molecule has 1 aromatic rings. The second kappa shape index (κ2) is 6.68. The zero-order chi connectivity index (χ0) is 14.6. The van der Waals surface area contributed by atoms with Crippen LogP contribution >= 0.6 is 0 Å². The number of carbonyl (C=O) groups is 1. The fourth-order valence-corrected chi connectivity index (χ4v) is 2.46. The highest BCUT2D eigenvalue weighted by molar-refractivity contribution is 5.97. The number of benzene rings is 1. The number of amides is 1. The van der Waals surface area contributed by atoms with Crippen molar-refractivity contribution in [3.05, 3.63) is 34.9 Å². The minimum absolute atomic E-state index is 0.0199. The Morgan fingerprint density at radius 1 is 1.05 bits per heavy atom. The predicted octanol–water partition coefficient (Wildman–Crippen LogP) is 1.86. The van der Waals surface area contributed by atoms with E-state index in [2.05, 4.69) is 0 Å². The molecule has 0 aliphatic heterocycles. The van der Waals surface area contributed by atoms with E-state index >= 15 is 0 Å². The summed E-state index contributed by atoms with van der Waals surface area (Å²) in [5.41, 5.74) is 13.9. The maximum atomic E-state index is 12.8. The van der Waals surface area contributed by atoms with E-state index in [-0.39, 0.29) is 18.0 Å². The maximum Gasteiger partial charge on any atom is 0.254 e. The van der Waals surface area contributed by atoms with Gasteiger partial charge in [0.05, 0.1) is 0 Å². The molecule has 0 saturated carbocycles. The van der Waals surface area contributed by atoms with Gasteiger partial charge in [-0.05, 0) is 38.8 Å². The first-order valence-corrected chi connectivity index (χ1v) is 6.77. The van der Waals surface area contributed by atoms with Crippen LogP contribution in [0.5, 0.6) is 0 Å². The highest BCUT2D eigenvalue weighted by atomic mass is 16.2. The van der Waals surface area contributed by atoms with Crippen LogP contribution in [0.2, 0.25) is 0 Å². The first-order valence-electron chi connectivity index (χ1n) is 6.77. The number of nitrogens with zero attached hydrogens (tertiary/aromatic N) is 1. The Balaban J connectivity index is 3.31. The lowest BCUT2D eigenvalue weighted by Gasteiger charge is -2.32. The molecule has 0 heterocycles. The van der Waals surface area contributed by atoms with Gasteiger partial charge in [-0.15, -0.1) is 0 Å². The standard InChI is InChI=1S/C15H25N3O/c1-10(2)18(11(3)4)15(19)14-12(8-16)6-5-7-13(14)9-17/h5-7,10-11H,8-9,16-17H2,1-4H3. The molecule has 0 unspecified atom stereocenters. The highest BCUT2D eigenvalue weighted by Gasteiger charge is 2.25. The number of rotatable bonds is 5. The van der Waals surface area contributed by atoms with Crippen molar-refractivity contribution in [2.75, 3.05) is 0 Å². The van der Waals surface area contributed by atoms with Crippen molar-refractivity contribution in [1.82, 2.24) is 4.90 Å². The molecule has 1 rings (SSSR count). The summed E-state index contributed by atoms with van der Waals surface area (Å²) in [5, 5.41) is 0. The van der Waals surface area contributed by atoms with Crippen LogP contribution in [-0.4, -0.2) is 22.9 Å². The molecule has 0 aliphatic rings. The fourth-order valence-electron chi connectivity index (χ4n) is 2.46. The lowest BCUT2D eigenvalue weighted by Crippen LogP contribution is -2.43. The van der Waals surface area contributed by atoms with Gasteiger partial charge in [-0.2, -0.15) is 0 Å². The fraction of sp³-hybridized carbons (Fsp3) is 0.533. The van der Waals surface area contributed by atoms with Crippen molar-refractivity contribution in [3.63, 3.8) is 0 Å². The van der Waals surface area contributed by atoms with Crippen LogP contribution < -0.4 is 11.5 Å². The molecule has 0 fully saturated rings. The van der Waals surface area contributed by atoms with Crippen LogP contribution in [-0.2, 0) is 13.1 Å². The summed E-state index contributed by atoms with van der Waals surface area (Å²) in [5.74, 6) is 0.0199. The molecule has 0 bridgehead atoms. The molecule has 0 aromatic heterocycles. The average molecular weight is 263 g/mol. The summed E-state index contributed by atoms with van der Waals surface area (Å²) in [6.45, 7) is 8.77. The lowest BCUT2D eigenvalue weighted by atomic mass is 9.98. The molecule has 4 N–H and O–H groups in total. The largest absolute Gasteiger partial charge is 0.334 e. The molecule has 0 atom stereocenters. The Kier molecular flexibility index (Phi) is 5.51. The topological polar surface area (TPSA) is 72.3 Å². The molecule has 0 spiro atoms. The monoisotopic (exact) mass is 263 g/mol. The third kappa shape index (κ3) is 3.33. The van der Waals surface area contributed by atoms with E-state index in [1.165, 1.54) is 0 Å². The highest BCUT2D eigenvalue weighted by Crippen LogP contribution is 2.20. The van der Waals surface area contributed by atoms with Gasteiger partial charge in [-0.1, -0.05) is 18.2 Å². The van der Waals surface area contributed by atoms with Gasteiger partial charge in [0.15, 0.2) is 0 Å². The smallest absolute Gasteiger partial charge is 0.254 e.